The van der Waals surface area contributed by atoms with Gasteiger partial charge in [0.1, 0.15) is 0 Å². The maximum Gasteiger partial charge on any atom is 0.249 e. The second-order valence-electron chi connectivity index (χ2n) is 2.71. The van der Waals surface area contributed by atoms with Gasteiger partial charge < -0.3 is 5.73 Å². The first kappa shape index (κ1) is 10.2. The molecular weight excluding hydrogens is 176 g/mol. The molecule has 1 amide bonds. The van der Waals surface area contributed by atoms with Crippen molar-refractivity contribution in [2.24, 2.45) is 5.73 Å². The van der Waals surface area contributed by atoms with E-state index in [1.165, 1.54) is 0 Å². The largest absolute Gasteiger partial charge is 0.366 e. The lowest BCUT2D eigenvalue weighted by Gasteiger charge is -2.05. The standard InChI is InChI=1S/C11H12N2O/c1-3-8(11(12)14)9-6-5-7-13-10(9)4-2/h3-7H,2H2,1H3,(H2,12,14)/b8-3+. The van der Waals surface area contributed by atoms with Crippen molar-refractivity contribution in [2.75, 3.05) is 0 Å². The number of pyridine rings is 1. The Kier molecular flexibility index (Phi) is 3.18. The lowest BCUT2D eigenvalue weighted by molar-refractivity contribution is -0.112. The van der Waals surface area contributed by atoms with Crippen LogP contribution in [0.25, 0.3) is 11.6 Å². The van der Waals surface area contributed by atoms with Gasteiger partial charge in [-0.1, -0.05) is 18.7 Å². The van der Waals surface area contributed by atoms with Gasteiger partial charge in [0.2, 0.25) is 5.91 Å². The third-order valence-electron chi connectivity index (χ3n) is 1.88. The lowest BCUT2D eigenvalue weighted by Crippen LogP contribution is -2.13. The molecule has 72 valence electrons. The summed E-state index contributed by atoms with van der Waals surface area (Å²) in [6, 6.07) is 3.55. The predicted octanol–water partition coefficient (Wildman–Crippen LogP) is 1.61. The smallest absolute Gasteiger partial charge is 0.249 e. The van der Waals surface area contributed by atoms with Crippen molar-refractivity contribution in [2.45, 2.75) is 6.92 Å². The molecule has 1 rings (SSSR count). The van der Waals surface area contributed by atoms with Crippen molar-refractivity contribution in [3.63, 3.8) is 0 Å². The molecule has 0 bridgehead atoms. The van der Waals surface area contributed by atoms with Gasteiger partial charge in [-0.15, -0.1) is 0 Å². The maximum atomic E-state index is 11.1. The number of carbonyl (C=O) groups excluding carboxylic acids is 1. The van der Waals surface area contributed by atoms with Crippen LogP contribution < -0.4 is 5.73 Å². The summed E-state index contributed by atoms with van der Waals surface area (Å²) in [5, 5.41) is 0. The number of rotatable bonds is 3. The molecule has 0 fully saturated rings. The molecule has 0 aliphatic heterocycles. The van der Waals surface area contributed by atoms with Gasteiger partial charge in [0.05, 0.1) is 5.69 Å². The van der Waals surface area contributed by atoms with E-state index in [0.29, 0.717) is 11.3 Å². The molecule has 0 radical (unpaired) electrons. The molecule has 0 atom stereocenters. The molecule has 3 heteroatoms. The Hall–Kier alpha value is -1.90. The molecular formula is C11H12N2O. The van der Waals surface area contributed by atoms with Crippen LogP contribution in [0.1, 0.15) is 18.2 Å². The summed E-state index contributed by atoms with van der Waals surface area (Å²) in [6.07, 6.45) is 4.92. The zero-order valence-electron chi connectivity index (χ0n) is 8.03. The molecule has 3 nitrogen and oxygen atoms in total. The Morgan fingerprint density at radius 1 is 1.64 bits per heavy atom. The number of primary amides is 1. The van der Waals surface area contributed by atoms with Gasteiger partial charge in [-0.3, -0.25) is 9.78 Å². The highest BCUT2D eigenvalue weighted by Crippen LogP contribution is 2.17. The fourth-order valence-electron chi connectivity index (χ4n) is 1.24. The molecule has 0 aromatic carbocycles. The Labute approximate surface area is 83.0 Å². The molecule has 0 saturated heterocycles. The minimum Gasteiger partial charge on any atom is -0.366 e. The van der Waals surface area contributed by atoms with Crippen molar-refractivity contribution < 1.29 is 4.79 Å². The summed E-state index contributed by atoms with van der Waals surface area (Å²) in [7, 11) is 0. The predicted molar refractivity (Wildman–Crippen MR) is 57.2 cm³/mol. The Balaban J connectivity index is 3.30. The molecule has 0 aliphatic rings. The number of aromatic nitrogens is 1. The number of allylic oxidation sites excluding steroid dienone is 1. The summed E-state index contributed by atoms with van der Waals surface area (Å²) in [5.41, 5.74) is 7.09. The summed E-state index contributed by atoms with van der Waals surface area (Å²) >= 11 is 0. The van der Waals surface area contributed by atoms with Crippen LogP contribution in [-0.4, -0.2) is 10.9 Å². The van der Waals surface area contributed by atoms with Crippen LogP contribution in [0.5, 0.6) is 0 Å². The SMILES string of the molecule is C=Cc1ncccc1/C(=C\C)C(N)=O. The topological polar surface area (TPSA) is 56.0 Å². The van der Waals surface area contributed by atoms with E-state index in [2.05, 4.69) is 11.6 Å². The fraction of sp³-hybridized carbons (Fsp3) is 0.0909. The van der Waals surface area contributed by atoms with Gasteiger partial charge in [0.15, 0.2) is 0 Å². The van der Waals surface area contributed by atoms with E-state index < -0.39 is 5.91 Å². The molecule has 1 heterocycles. The fourth-order valence-corrected chi connectivity index (χ4v) is 1.24. The number of amides is 1. The third-order valence-corrected chi connectivity index (χ3v) is 1.88. The highest BCUT2D eigenvalue weighted by molar-refractivity contribution is 6.19. The molecule has 0 unspecified atom stereocenters. The summed E-state index contributed by atoms with van der Waals surface area (Å²) in [4.78, 5) is 15.2. The quantitative estimate of drug-likeness (QED) is 0.733. The first-order chi connectivity index (χ1) is 6.70. The number of carbonyl (C=O) groups is 1. The Bertz CT molecular complexity index is 394. The van der Waals surface area contributed by atoms with E-state index in [9.17, 15) is 4.79 Å². The van der Waals surface area contributed by atoms with Crippen LogP contribution in [-0.2, 0) is 4.79 Å². The van der Waals surface area contributed by atoms with Gasteiger partial charge in [0, 0.05) is 17.3 Å². The van der Waals surface area contributed by atoms with Crippen molar-refractivity contribution in [3.05, 3.63) is 42.2 Å². The van der Waals surface area contributed by atoms with E-state index in [1.54, 1.807) is 37.4 Å². The summed E-state index contributed by atoms with van der Waals surface area (Å²) < 4.78 is 0. The number of nitrogens with zero attached hydrogens (tertiary/aromatic N) is 1. The van der Waals surface area contributed by atoms with E-state index in [0.717, 1.165) is 5.56 Å². The highest BCUT2D eigenvalue weighted by Gasteiger charge is 2.10. The zero-order valence-corrected chi connectivity index (χ0v) is 8.03. The third kappa shape index (κ3) is 1.88. The average Bonchev–Trinajstić information content (AvgIpc) is 2.19. The van der Waals surface area contributed by atoms with Gasteiger partial charge >= 0.3 is 0 Å². The van der Waals surface area contributed by atoms with Crippen molar-refractivity contribution in [1.29, 1.82) is 0 Å². The lowest BCUT2D eigenvalue weighted by atomic mass is 10.0. The minimum atomic E-state index is -0.455. The van der Waals surface area contributed by atoms with Crippen LogP contribution in [0.4, 0.5) is 0 Å². The first-order valence-corrected chi connectivity index (χ1v) is 4.24. The maximum absolute atomic E-state index is 11.1. The van der Waals surface area contributed by atoms with Gasteiger partial charge in [0.25, 0.3) is 0 Å². The zero-order chi connectivity index (χ0) is 10.6. The van der Waals surface area contributed by atoms with E-state index in [-0.39, 0.29) is 0 Å². The molecule has 14 heavy (non-hydrogen) atoms. The van der Waals surface area contributed by atoms with Crippen LogP contribution in [0.2, 0.25) is 0 Å². The highest BCUT2D eigenvalue weighted by atomic mass is 16.1. The minimum absolute atomic E-state index is 0.455. The Morgan fingerprint density at radius 2 is 2.36 bits per heavy atom. The Morgan fingerprint density at radius 3 is 2.86 bits per heavy atom. The normalized spacial score (nSPS) is 11.1. The van der Waals surface area contributed by atoms with Gasteiger partial charge in [-0.05, 0) is 19.1 Å². The van der Waals surface area contributed by atoms with E-state index >= 15 is 0 Å². The molecule has 1 aromatic heterocycles. The number of hydrogen-bond acceptors (Lipinski definition) is 2. The van der Waals surface area contributed by atoms with Gasteiger partial charge in [-0.25, -0.2) is 0 Å². The molecule has 0 spiro atoms. The van der Waals surface area contributed by atoms with Crippen LogP contribution in [0.3, 0.4) is 0 Å². The monoisotopic (exact) mass is 188 g/mol. The molecule has 0 saturated carbocycles. The van der Waals surface area contributed by atoms with Crippen molar-refractivity contribution in [1.82, 2.24) is 4.98 Å². The molecule has 1 aromatic rings. The van der Waals surface area contributed by atoms with Crippen LogP contribution in [0, 0.1) is 0 Å². The van der Waals surface area contributed by atoms with Crippen molar-refractivity contribution in [3.8, 4) is 0 Å². The van der Waals surface area contributed by atoms with Crippen LogP contribution >= 0.6 is 0 Å². The average molecular weight is 188 g/mol. The first-order valence-electron chi connectivity index (χ1n) is 4.24. The number of nitrogens with two attached hydrogens (primary N) is 1. The summed E-state index contributed by atoms with van der Waals surface area (Å²) in [5.74, 6) is -0.455. The van der Waals surface area contributed by atoms with Crippen LogP contribution in [0.15, 0.2) is 31.0 Å². The summed E-state index contributed by atoms with van der Waals surface area (Å²) in [6.45, 7) is 5.39. The van der Waals surface area contributed by atoms with Crippen molar-refractivity contribution >= 4 is 17.6 Å². The molecule has 0 aliphatic carbocycles. The second kappa shape index (κ2) is 4.37. The van der Waals surface area contributed by atoms with E-state index in [4.69, 9.17) is 5.73 Å². The number of hydrogen-bond donors (Lipinski definition) is 1. The van der Waals surface area contributed by atoms with Gasteiger partial charge in [-0.2, -0.15) is 0 Å². The van der Waals surface area contributed by atoms with E-state index in [1.807, 2.05) is 0 Å². The molecule has 2 N–H and O–H groups in total. The second-order valence-corrected chi connectivity index (χ2v) is 2.71.